The molecular weight excluding hydrogens is 242 g/mol. The van der Waals surface area contributed by atoms with Gasteiger partial charge < -0.3 is 10.3 Å². The molecule has 0 saturated carbocycles. The van der Waals surface area contributed by atoms with Crippen molar-refractivity contribution in [1.29, 1.82) is 0 Å². The maximum atomic E-state index is 11.5. The summed E-state index contributed by atoms with van der Waals surface area (Å²) >= 11 is 0. The normalized spacial score (nSPS) is 12.5. The van der Waals surface area contributed by atoms with Gasteiger partial charge in [-0.05, 0) is 20.8 Å². The van der Waals surface area contributed by atoms with Crippen LogP contribution < -0.4 is 10.9 Å². The van der Waals surface area contributed by atoms with E-state index in [4.69, 9.17) is 0 Å². The van der Waals surface area contributed by atoms with E-state index < -0.39 is 14.6 Å². The Hall–Kier alpha value is -1.37. The van der Waals surface area contributed by atoms with Crippen LogP contribution in [0.2, 0.25) is 0 Å². The molecule has 0 atom stereocenters. The van der Waals surface area contributed by atoms with Crippen molar-refractivity contribution < 1.29 is 8.42 Å². The fourth-order valence-corrected chi connectivity index (χ4v) is 1.44. The SMILES string of the molecule is Cc1nc(NCC(C)(C)S(C)(=O)=O)cc(=O)[nH]1. The second-order valence-electron chi connectivity index (χ2n) is 4.60. The highest BCUT2D eigenvalue weighted by atomic mass is 32.2. The highest BCUT2D eigenvalue weighted by molar-refractivity contribution is 7.92. The average Bonchev–Trinajstić information content (AvgIpc) is 2.11. The number of hydrogen-bond acceptors (Lipinski definition) is 5. The summed E-state index contributed by atoms with van der Waals surface area (Å²) in [7, 11) is -3.17. The number of rotatable bonds is 4. The minimum absolute atomic E-state index is 0.196. The summed E-state index contributed by atoms with van der Waals surface area (Å²) in [5, 5.41) is 2.86. The molecule has 0 fully saturated rings. The zero-order valence-electron chi connectivity index (χ0n) is 10.4. The Balaban J connectivity index is 2.85. The van der Waals surface area contributed by atoms with Gasteiger partial charge in [-0.2, -0.15) is 0 Å². The van der Waals surface area contributed by atoms with Gasteiger partial charge in [-0.1, -0.05) is 0 Å². The van der Waals surface area contributed by atoms with Crippen molar-refractivity contribution >= 4 is 15.7 Å². The lowest BCUT2D eigenvalue weighted by molar-refractivity contribution is 0.559. The van der Waals surface area contributed by atoms with Crippen LogP contribution in [0.5, 0.6) is 0 Å². The van der Waals surface area contributed by atoms with Crippen molar-refractivity contribution in [2.24, 2.45) is 0 Å². The predicted octanol–water partition coefficient (Wildman–Crippen LogP) is 0.313. The van der Waals surface area contributed by atoms with E-state index in [0.29, 0.717) is 11.6 Å². The van der Waals surface area contributed by atoms with E-state index in [9.17, 15) is 13.2 Å². The van der Waals surface area contributed by atoms with Crippen LogP contribution in [0.1, 0.15) is 19.7 Å². The number of nitrogens with zero attached hydrogens (tertiary/aromatic N) is 1. The summed E-state index contributed by atoms with van der Waals surface area (Å²) in [6.07, 6.45) is 1.19. The monoisotopic (exact) mass is 259 g/mol. The van der Waals surface area contributed by atoms with Gasteiger partial charge in [0.2, 0.25) is 0 Å². The molecule has 0 spiro atoms. The minimum Gasteiger partial charge on any atom is -0.368 e. The summed E-state index contributed by atoms with van der Waals surface area (Å²) < 4.78 is 22.0. The van der Waals surface area contributed by atoms with Gasteiger partial charge in [0, 0.05) is 18.9 Å². The number of hydrogen-bond donors (Lipinski definition) is 2. The largest absolute Gasteiger partial charge is 0.368 e. The smallest absolute Gasteiger partial charge is 0.252 e. The quantitative estimate of drug-likeness (QED) is 0.812. The van der Waals surface area contributed by atoms with Crippen LogP contribution in [0.4, 0.5) is 5.82 Å². The van der Waals surface area contributed by atoms with E-state index in [1.54, 1.807) is 20.8 Å². The van der Waals surface area contributed by atoms with Gasteiger partial charge in [0.15, 0.2) is 9.84 Å². The van der Waals surface area contributed by atoms with Gasteiger partial charge in [0.25, 0.3) is 5.56 Å². The van der Waals surface area contributed by atoms with E-state index in [0.717, 1.165) is 0 Å². The van der Waals surface area contributed by atoms with Crippen molar-refractivity contribution in [2.45, 2.75) is 25.5 Å². The number of aromatic nitrogens is 2. The van der Waals surface area contributed by atoms with Crippen molar-refractivity contribution in [3.8, 4) is 0 Å². The lowest BCUT2D eigenvalue weighted by Crippen LogP contribution is -2.38. The fraction of sp³-hybridized carbons (Fsp3) is 0.600. The standard InChI is InChI=1S/C10H17N3O3S/c1-7-12-8(5-9(14)13-7)11-6-10(2,3)17(4,15)16/h5H,6H2,1-4H3,(H2,11,12,13,14). The third-order valence-corrected chi connectivity index (χ3v) is 4.71. The molecule has 0 saturated heterocycles. The summed E-state index contributed by atoms with van der Waals surface area (Å²) in [5.74, 6) is 0.861. The Morgan fingerprint density at radius 1 is 1.47 bits per heavy atom. The average molecular weight is 259 g/mol. The zero-order chi connectivity index (χ0) is 13.3. The summed E-state index contributed by atoms with van der Waals surface area (Å²) in [6, 6.07) is 1.30. The molecule has 0 aromatic carbocycles. The van der Waals surface area contributed by atoms with Crippen LogP contribution in [0.3, 0.4) is 0 Å². The van der Waals surface area contributed by atoms with E-state index in [1.165, 1.54) is 12.3 Å². The van der Waals surface area contributed by atoms with Crippen LogP contribution in [0.15, 0.2) is 10.9 Å². The van der Waals surface area contributed by atoms with Crippen LogP contribution >= 0.6 is 0 Å². The van der Waals surface area contributed by atoms with Crippen molar-refractivity contribution in [3.05, 3.63) is 22.2 Å². The lowest BCUT2D eigenvalue weighted by atomic mass is 10.2. The molecule has 96 valence electrons. The topological polar surface area (TPSA) is 91.9 Å². The molecule has 1 rings (SSSR count). The number of aromatic amines is 1. The number of nitrogens with one attached hydrogen (secondary N) is 2. The third kappa shape index (κ3) is 3.55. The molecule has 0 radical (unpaired) electrons. The van der Waals surface area contributed by atoms with Gasteiger partial charge in [0.1, 0.15) is 11.6 Å². The first-order valence-electron chi connectivity index (χ1n) is 5.13. The van der Waals surface area contributed by atoms with Gasteiger partial charge in [-0.15, -0.1) is 0 Å². The molecule has 6 nitrogen and oxygen atoms in total. The molecule has 17 heavy (non-hydrogen) atoms. The third-order valence-electron chi connectivity index (χ3n) is 2.56. The van der Waals surface area contributed by atoms with Gasteiger partial charge in [-0.25, -0.2) is 13.4 Å². The first-order valence-corrected chi connectivity index (χ1v) is 7.02. The Morgan fingerprint density at radius 3 is 2.53 bits per heavy atom. The summed E-state index contributed by atoms with van der Waals surface area (Å²) in [5.41, 5.74) is -0.267. The molecule has 7 heteroatoms. The van der Waals surface area contributed by atoms with Crippen molar-refractivity contribution in [3.63, 3.8) is 0 Å². The highest BCUT2D eigenvalue weighted by Crippen LogP contribution is 2.15. The van der Waals surface area contributed by atoms with Crippen LogP contribution in [0.25, 0.3) is 0 Å². The molecule has 0 bridgehead atoms. The Morgan fingerprint density at radius 2 is 2.06 bits per heavy atom. The molecule has 0 unspecified atom stereocenters. The van der Waals surface area contributed by atoms with E-state index in [2.05, 4.69) is 15.3 Å². The lowest BCUT2D eigenvalue weighted by Gasteiger charge is -2.22. The molecule has 0 aliphatic rings. The zero-order valence-corrected chi connectivity index (χ0v) is 11.2. The predicted molar refractivity (Wildman–Crippen MR) is 67.0 cm³/mol. The van der Waals surface area contributed by atoms with E-state index in [-0.39, 0.29) is 12.1 Å². The van der Waals surface area contributed by atoms with Gasteiger partial charge in [0.05, 0.1) is 4.75 Å². The maximum Gasteiger partial charge on any atom is 0.252 e. The Kier molecular flexibility index (Phi) is 3.61. The first kappa shape index (κ1) is 13.7. The van der Waals surface area contributed by atoms with Gasteiger partial charge in [-0.3, -0.25) is 4.79 Å². The Labute approximate surface area is 100 Å². The number of H-pyrrole nitrogens is 1. The minimum atomic E-state index is -3.17. The molecule has 0 amide bonds. The van der Waals surface area contributed by atoms with Crippen LogP contribution in [-0.2, 0) is 9.84 Å². The Bertz CT molecular complexity index is 560. The first-order chi connectivity index (χ1) is 7.62. The molecule has 0 aliphatic carbocycles. The summed E-state index contributed by atoms with van der Waals surface area (Å²) in [6.45, 7) is 5.10. The maximum absolute atomic E-state index is 11.5. The van der Waals surface area contributed by atoms with Gasteiger partial charge >= 0.3 is 0 Å². The molecule has 2 N–H and O–H groups in total. The van der Waals surface area contributed by atoms with Crippen LogP contribution in [-0.4, -0.2) is 35.9 Å². The van der Waals surface area contributed by atoms with E-state index in [1.807, 2.05) is 0 Å². The highest BCUT2D eigenvalue weighted by Gasteiger charge is 2.29. The number of aryl methyl sites for hydroxylation is 1. The molecule has 0 aliphatic heterocycles. The van der Waals surface area contributed by atoms with E-state index >= 15 is 0 Å². The second-order valence-corrected chi connectivity index (χ2v) is 7.25. The molecule has 1 heterocycles. The summed E-state index contributed by atoms with van der Waals surface area (Å²) in [4.78, 5) is 17.7. The molecule has 1 aromatic heterocycles. The molecular formula is C10H17N3O3S. The number of anilines is 1. The number of sulfone groups is 1. The molecule has 1 aromatic rings. The van der Waals surface area contributed by atoms with Crippen LogP contribution in [0, 0.1) is 6.92 Å². The van der Waals surface area contributed by atoms with Crippen molar-refractivity contribution in [2.75, 3.05) is 18.1 Å². The second kappa shape index (κ2) is 4.48. The fourth-order valence-electron chi connectivity index (χ4n) is 1.10. The van der Waals surface area contributed by atoms with Crippen molar-refractivity contribution in [1.82, 2.24) is 9.97 Å².